The van der Waals surface area contributed by atoms with Crippen molar-refractivity contribution >= 4 is 5.91 Å². The van der Waals surface area contributed by atoms with Gasteiger partial charge in [0.2, 0.25) is 0 Å². The highest BCUT2D eigenvalue weighted by atomic mass is 16.3. The molecule has 3 heterocycles. The number of amides is 1. The average Bonchev–Trinajstić information content (AvgIpc) is 3.34. The number of furan rings is 1. The van der Waals surface area contributed by atoms with Crippen molar-refractivity contribution in [2.24, 2.45) is 0 Å². The van der Waals surface area contributed by atoms with E-state index in [1.165, 1.54) is 0 Å². The van der Waals surface area contributed by atoms with Gasteiger partial charge in [0.1, 0.15) is 5.76 Å². The van der Waals surface area contributed by atoms with Crippen molar-refractivity contribution < 1.29 is 9.21 Å². The maximum Gasteiger partial charge on any atom is 0.253 e. The number of aryl methyl sites for hydroxylation is 1. The Morgan fingerprint density at radius 1 is 1.08 bits per heavy atom. The molecule has 1 aromatic carbocycles. The monoisotopic (exact) mass is 350 g/mol. The van der Waals surface area contributed by atoms with E-state index in [1.807, 2.05) is 59.0 Å². The van der Waals surface area contributed by atoms with Gasteiger partial charge in [-0.2, -0.15) is 5.10 Å². The van der Waals surface area contributed by atoms with Crippen LogP contribution in [0.2, 0.25) is 0 Å². The zero-order valence-electron chi connectivity index (χ0n) is 14.8. The molecule has 1 saturated heterocycles. The minimum atomic E-state index is 0.0892. The molecule has 0 saturated carbocycles. The first kappa shape index (κ1) is 16.6. The molecule has 0 spiro atoms. The third kappa shape index (κ3) is 3.41. The van der Waals surface area contributed by atoms with Gasteiger partial charge in [-0.25, -0.2) is 4.68 Å². The lowest BCUT2D eigenvalue weighted by Crippen LogP contribution is -2.48. The van der Waals surface area contributed by atoms with E-state index in [0.29, 0.717) is 0 Å². The molecule has 0 unspecified atom stereocenters. The molecule has 1 aliphatic rings. The molecule has 0 radical (unpaired) electrons. The molecule has 0 bridgehead atoms. The number of hydrogen-bond donors (Lipinski definition) is 0. The number of piperazine rings is 1. The van der Waals surface area contributed by atoms with Gasteiger partial charge in [-0.05, 0) is 49.4 Å². The predicted molar refractivity (Wildman–Crippen MR) is 98.2 cm³/mol. The van der Waals surface area contributed by atoms with Gasteiger partial charge in [-0.15, -0.1) is 0 Å². The van der Waals surface area contributed by atoms with E-state index in [4.69, 9.17) is 4.42 Å². The van der Waals surface area contributed by atoms with Crippen LogP contribution >= 0.6 is 0 Å². The van der Waals surface area contributed by atoms with Crippen LogP contribution in [0.15, 0.2) is 59.3 Å². The van der Waals surface area contributed by atoms with Crippen molar-refractivity contribution in [2.75, 3.05) is 26.2 Å². The van der Waals surface area contributed by atoms with Crippen molar-refractivity contribution in [3.63, 3.8) is 0 Å². The lowest BCUT2D eigenvalue weighted by atomic mass is 10.1. The van der Waals surface area contributed by atoms with Crippen LogP contribution in [0.1, 0.15) is 21.8 Å². The fraction of sp³-hybridized carbons (Fsp3) is 0.300. The highest BCUT2D eigenvalue weighted by Crippen LogP contribution is 2.15. The molecule has 26 heavy (non-hydrogen) atoms. The summed E-state index contributed by atoms with van der Waals surface area (Å²) < 4.78 is 7.26. The van der Waals surface area contributed by atoms with Crippen LogP contribution in [0, 0.1) is 6.92 Å². The summed E-state index contributed by atoms with van der Waals surface area (Å²) in [5.74, 6) is 1.06. The highest BCUT2D eigenvalue weighted by molar-refractivity contribution is 5.94. The summed E-state index contributed by atoms with van der Waals surface area (Å²) in [7, 11) is 0. The fourth-order valence-corrected chi connectivity index (χ4v) is 3.30. The summed E-state index contributed by atoms with van der Waals surface area (Å²) in [5, 5.41) is 4.30. The van der Waals surface area contributed by atoms with E-state index in [1.54, 1.807) is 12.5 Å². The van der Waals surface area contributed by atoms with Crippen molar-refractivity contribution in [1.82, 2.24) is 19.6 Å². The van der Waals surface area contributed by atoms with E-state index in [2.05, 4.69) is 10.00 Å². The molecule has 1 fully saturated rings. The normalized spacial score (nSPS) is 15.3. The Morgan fingerprint density at radius 2 is 1.85 bits per heavy atom. The van der Waals surface area contributed by atoms with Crippen LogP contribution in [-0.4, -0.2) is 51.7 Å². The Balaban J connectivity index is 1.37. The van der Waals surface area contributed by atoms with Crippen molar-refractivity contribution in [3.8, 4) is 5.69 Å². The second kappa shape index (κ2) is 7.17. The van der Waals surface area contributed by atoms with E-state index < -0.39 is 0 Å². The summed E-state index contributed by atoms with van der Waals surface area (Å²) in [6, 6.07) is 13.5. The number of carbonyl (C=O) groups is 1. The standard InChI is InChI=1S/C20H22N4O2/c1-16-8-9-21-24(16)18-6-4-17(5-7-18)20(25)23-12-10-22(11-13-23)15-19-3-2-14-26-19/h2-9,14H,10-13,15H2,1H3. The first-order valence-corrected chi connectivity index (χ1v) is 8.86. The van der Waals surface area contributed by atoms with Gasteiger partial charge in [0.15, 0.2) is 0 Å². The van der Waals surface area contributed by atoms with E-state index >= 15 is 0 Å². The molecular formula is C20H22N4O2. The summed E-state index contributed by atoms with van der Waals surface area (Å²) in [5.41, 5.74) is 2.75. The molecular weight excluding hydrogens is 328 g/mol. The predicted octanol–water partition coefficient (Wildman–Crippen LogP) is 2.73. The minimum Gasteiger partial charge on any atom is -0.468 e. The van der Waals surface area contributed by atoms with Crippen LogP contribution in [0.25, 0.3) is 5.69 Å². The lowest BCUT2D eigenvalue weighted by Gasteiger charge is -2.34. The number of benzene rings is 1. The topological polar surface area (TPSA) is 54.5 Å². The van der Waals surface area contributed by atoms with Gasteiger partial charge >= 0.3 is 0 Å². The van der Waals surface area contributed by atoms with Gasteiger partial charge in [0.05, 0.1) is 18.5 Å². The van der Waals surface area contributed by atoms with Gasteiger partial charge in [0.25, 0.3) is 5.91 Å². The van der Waals surface area contributed by atoms with Gasteiger partial charge < -0.3 is 9.32 Å². The maximum atomic E-state index is 12.8. The van der Waals surface area contributed by atoms with Gasteiger partial charge in [-0.1, -0.05) is 0 Å². The van der Waals surface area contributed by atoms with Gasteiger partial charge in [0, 0.05) is 43.6 Å². The largest absolute Gasteiger partial charge is 0.468 e. The number of hydrogen-bond acceptors (Lipinski definition) is 4. The molecule has 4 rings (SSSR count). The highest BCUT2D eigenvalue weighted by Gasteiger charge is 2.22. The van der Waals surface area contributed by atoms with Crippen molar-refractivity contribution in [1.29, 1.82) is 0 Å². The van der Waals surface area contributed by atoms with Crippen LogP contribution in [0.5, 0.6) is 0 Å². The Kier molecular flexibility index (Phi) is 4.58. The molecule has 0 N–H and O–H groups in total. The van der Waals surface area contributed by atoms with Crippen LogP contribution < -0.4 is 0 Å². The molecule has 0 atom stereocenters. The number of nitrogens with zero attached hydrogens (tertiary/aromatic N) is 4. The summed E-state index contributed by atoms with van der Waals surface area (Å²) in [6.07, 6.45) is 3.47. The molecule has 0 aliphatic carbocycles. The van der Waals surface area contributed by atoms with Crippen molar-refractivity contribution in [2.45, 2.75) is 13.5 Å². The molecule has 2 aromatic heterocycles. The molecule has 3 aromatic rings. The minimum absolute atomic E-state index is 0.0892. The smallest absolute Gasteiger partial charge is 0.253 e. The third-order valence-electron chi connectivity index (χ3n) is 4.81. The first-order chi connectivity index (χ1) is 12.7. The summed E-state index contributed by atoms with van der Waals surface area (Å²) in [6.45, 7) is 5.99. The fourth-order valence-electron chi connectivity index (χ4n) is 3.30. The SMILES string of the molecule is Cc1ccnn1-c1ccc(C(=O)N2CCN(Cc3ccco3)CC2)cc1. The lowest BCUT2D eigenvalue weighted by molar-refractivity contribution is 0.0620. The van der Waals surface area contributed by atoms with Crippen LogP contribution in [0.3, 0.4) is 0 Å². The quantitative estimate of drug-likeness (QED) is 0.726. The Morgan fingerprint density at radius 3 is 2.46 bits per heavy atom. The van der Waals surface area contributed by atoms with E-state index in [0.717, 1.165) is 55.4 Å². The average molecular weight is 350 g/mol. The Hall–Kier alpha value is -2.86. The first-order valence-electron chi connectivity index (χ1n) is 8.86. The van der Waals surface area contributed by atoms with E-state index in [9.17, 15) is 4.79 Å². The van der Waals surface area contributed by atoms with Crippen molar-refractivity contribution in [3.05, 3.63) is 71.9 Å². The second-order valence-corrected chi connectivity index (χ2v) is 6.58. The molecule has 1 aliphatic heterocycles. The summed E-state index contributed by atoms with van der Waals surface area (Å²) >= 11 is 0. The molecule has 6 nitrogen and oxygen atoms in total. The molecule has 6 heteroatoms. The number of carbonyl (C=O) groups excluding carboxylic acids is 1. The van der Waals surface area contributed by atoms with E-state index in [-0.39, 0.29) is 5.91 Å². The zero-order valence-corrected chi connectivity index (χ0v) is 14.8. The number of rotatable bonds is 4. The number of aromatic nitrogens is 2. The Labute approximate surface area is 152 Å². The second-order valence-electron chi connectivity index (χ2n) is 6.58. The van der Waals surface area contributed by atoms with Crippen LogP contribution in [0.4, 0.5) is 0 Å². The molecule has 1 amide bonds. The Bertz CT molecular complexity index is 860. The summed E-state index contributed by atoms with van der Waals surface area (Å²) in [4.78, 5) is 17.0. The van der Waals surface area contributed by atoms with Gasteiger partial charge in [-0.3, -0.25) is 9.69 Å². The zero-order chi connectivity index (χ0) is 17.9. The third-order valence-corrected chi connectivity index (χ3v) is 4.81. The maximum absolute atomic E-state index is 12.8. The van der Waals surface area contributed by atoms with Crippen LogP contribution in [-0.2, 0) is 6.54 Å². The molecule has 134 valence electrons.